The largest absolute Gasteiger partial charge is 0.444 e. The van der Waals surface area contributed by atoms with Crippen molar-refractivity contribution in [2.75, 3.05) is 0 Å². The molecule has 4 heteroatoms. The molecule has 2 aliphatic carbocycles. The van der Waals surface area contributed by atoms with Crippen molar-refractivity contribution < 1.29 is 9.53 Å². The molecule has 4 nitrogen and oxygen atoms in total. The summed E-state index contributed by atoms with van der Waals surface area (Å²) in [6.45, 7) is 5.68. The van der Waals surface area contributed by atoms with Gasteiger partial charge in [-0.25, -0.2) is 4.79 Å². The first-order chi connectivity index (χ1) is 10.9. The quantitative estimate of drug-likeness (QED) is 0.900. The van der Waals surface area contributed by atoms with Gasteiger partial charge in [0.25, 0.3) is 0 Å². The molecular weight excluding hydrogens is 288 g/mol. The number of benzene rings is 1. The monoisotopic (exact) mass is 316 g/mol. The van der Waals surface area contributed by atoms with Crippen molar-refractivity contribution in [3.8, 4) is 0 Å². The van der Waals surface area contributed by atoms with Crippen LogP contribution in [0.15, 0.2) is 24.3 Å². The van der Waals surface area contributed by atoms with Crippen LogP contribution in [0, 0.1) is 0 Å². The van der Waals surface area contributed by atoms with Gasteiger partial charge in [-0.3, -0.25) is 0 Å². The molecule has 0 bridgehead atoms. The molecule has 126 valence electrons. The Bertz CT molecular complexity index is 540. The lowest BCUT2D eigenvalue weighted by Crippen LogP contribution is -2.41. The summed E-state index contributed by atoms with van der Waals surface area (Å²) in [5.74, 6) is 0. The molecule has 23 heavy (non-hydrogen) atoms. The third kappa shape index (κ3) is 4.47. The van der Waals surface area contributed by atoms with E-state index in [1.807, 2.05) is 20.8 Å². The molecule has 1 amide bonds. The number of carbonyl (C=O) groups excluding carboxylic acids is 1. The Morgan fingerprint density at radius 2 is 1.65 bits per heavy atom. The van der Waals surface area contributed by atoms with E-state index in [-0.39, 0.29) is 12.1 Å². The molecule has 2 N–H and O–H groups in total. The third-order valence-corrected chi connectivity index (χ3v) is 4.68. The number of ether oxygens (including phenoxy) is 1. The Labute approximate surface area is 139 Å². The molecule has 3 rings (SSSR count). The summed E-state index contributed by atoms with van der Waals surface area (Å²) in [6.07, 6.45) is 5.08. The van der Waals surface area contributed by atoms with Crippen molar-refractivity contribution in [2.24, 2.45) is 0 Å². The zero-order valence-corrected chi connectivity index (χ0v) is 14.4. The Balaban J connectivity index is 1.43. The molecule has 2 unspecified atom stereocenters. The van der Waals surface area contributed by atoms with Gasteiger partial charge in [0.2, 0.25) is 0 Å². The van der Waals surface area contributed by atoms with Gasteiger partial charge >= 0.3 is 6.09 Å². The van der Waals surface area contributed by atoms with E-state index in [2.05, 4.69) is 34.9 Å². The number of hydrogen-bond donors (Lipinski definition) is 2. The molecule has 0 saturated heterocycles. The maximum atomic E-state index is 11.9. The smallest absolute Gasteiger partial charge is 0.407 e. The number of fused-ring (bicyclic) bond motifs is 1. The minimum absolute atomic E-state index is 0.228. The SMILES string of the molecule is CC(C)(C)OC(=O)NC1CCC(NC2Cc3ccccc3C2)C1. The zero-order chi connectivity index (χ0) is 16.4. The van der Waals surface area contributed by atoms with E-state index in [4.69, 9.17) is 4.74 Å². The first-order valence-electron chi connectivity index (χ1n) is 8.71. The minimum Gasteiger partial charge on any atom is -0.444 e. The summed E-state index contributed by atoms with van der Waals surface area (Å²) >= 11 is 0. The zero-order valence-electron chi connectivity index (χ0n) is 14.4. The maximum absolute atomic E-state index is 11.9. The molecule has 0 heterocycles. The summed E-state index contributed by atoms with van der Waals surface area (Å²) in [6, 6.07) is 9.98. The van der Waals surface area contributed by atoms with Crippen molar-refractivity contribution in [3.63, 3.8) is 0 Å². The van der Waals surface area contributed by atoms with Crippen molar-refractivity contribution in [2.45, 2.75) is 76.6 Å². The minimum atomic E-state index is -0.435. The second-order valence-corrected chi connectivity index (χ2v) is 7.89. The fourth-order valence-electron chi connectivity index (χ4n) is 3.75. The Morgan fingerprint density at radius 1 is 1.04 bits per heavy atom. The molecule has 0 aromatic heterocycles. The number of rotatable bonds is 3. The average Bonchev–Trinajstić information content (AvgIpc) is 3.02. The maximum Gasteiger partial charge on any atom is 0.407 e. The summed E-state index contributed by atoms with van der Waals surface area (Å²) in [7, 11) is 0. The van der Waals surface area contributed by atoms with Gasteiger partial charge in [0.15, 0.2) is 0 Å². The van der Waals surface area contributed by atoms with E-state index in [1.54, 1.807) is 0 Å². The van der Waals surface area contributed by atoms with Gasteiger partial charge < -0.3 is 15.4 Å². The Hall–Kier alpha value is -1.55. The highest BCUT2D eigenvalue weighted by Gasteiger charge is 2.30. The van der Waals surface area contributed by atoms with E-state index in [0.717, 1.165) is 32.1 Å². The fraction of sp³-hybridized carbons (Fsp3) is 0.632. The Morgan fingerprint density at radius 3 is 2.26 bits per heavy atom. The summed E-state index contributed by atoms with van der Waals surface area (Å²) < 4.78 is 5.34. The molecule has 1 aromatic rings. The van der Waals surface area contributed by atoms with Crippen LogP contribution in [0.5, 0.6) is 0 Å². The van der Waals surface area contributed by atoms with Crippen LogP contribution < -0.4 is 10.6 Å². The summed E-state index contributed by atoms with van der Waals surface area (Å²) in [5.41, 5.74) is 2.52. The van der Waals surface area contributed by atoms with Crippen LogP contribution in [0.25, 0.3) is 0 Å². The van der Waals surface area contributed by atoms with Gasteiger partial charge in [0, 0.05) is 18.1 Å². The molecule has 2 atom stereocenters. The fourth-order valence-corrected chi connectivity index (χ4v) is 3.75. The van der Waals surface area contributed by atoms with Gasteiger partial charge in [0.1, 0.15) is 5.60 Å². The van der Waals surface area contributed by atoms with Gasteiger partial charge in [-0.05, 0) is 64.0 Å². The first-order valence-corrected chi connectivity index (χ1v) is 8.71. The lowest BCUT2D eigenvalue weighted by atomic mass is 10.1. The molecule has 2 aliphatic rings. The lowest BCUT2D eigenvalue weighted by molar-refractivity contribution is 0.0505. The van der Waals surface area contributed by atoms with E-state index in [1.165, 1.54) is 11.1 Å². The van der Waals surface area contributed by atoms with Gasteiger partial charge in [-0.2, -0.15) is 0 Å². The van der Waals surface area contributed by atoms with Crippen molar-refractivity contribution >= 4 is 6.09 Å². The summed E-state index contributed by atoms with van der Waals surface area (Å²) in [4.78, 5) is 11.9. The van der Waals surface area contributed by atoms with E-state index >= 15 is 0 Å². The van der Waals surface area contributed by atoms with Crippen LogP contribution in [0.1, 0.15) is 51.2 Å². The normalized spacial score (nSPS) is 24.5. The molecule has 0 spiro atoms. The highest BCUT2D eigenvalue weighted by Crippen LogP contribution is 2.25. The lowest BCUT2D eigenvalue weighted by Gasteiger charge is -2.22. The van der Waals surface area contributed by atoms with Crippen LogP contribution in [0.3, 0.4) is 0 Å². The molecule has 0 aliphatic heterocycles. The van der Waals surface area contributed by atoms with E-state index in [0.29, 0.717) is 12.1 Å². The van der Waals surface area contributed by atoms with Crippen molar-refractivity contribution in [3.05, 3.63) is 35.4 Å². The van der Waals surface area contributed by atoms with Gasteiger partial charge in [-0.1, -0.05) is 24.3 Å². The van der Waals surface area contributed by atoms with Crippen LogP contribution in [0.2, 0.25) is 0 Å². The van der Waals surface area contributed by atoms with Crippen LogP contribution in [-0.4, -0.2) is 29.8 Å². The molecule has 1 saturated carbocycles. The topological polar surface area (TPSA) is 50.4 Å². The van der Waals surface area contributed by atoms with Crippen molar-refractivity contribution in [1.29, 1.82) is 0 Å². The summed E-state index contributed by atoms with van der Waals surface area (Å²) in [5, 5.41) is 6.79. The number of nitrogens with one attached hydrogen (secondary N) is 2. The third-order valence-electron chi connectivity index (χ3n) is 4.68. The number of carbonyl (C=O) groups is 1. The highest BCUT2D eigenvalue weighted by atomic mass is 16.6. The van der Waals surface area contributed by atoms with Crippen LogP contribution >= 0.6 is 0 Å². The standard InChI is InChI=1S/C19H28N2O2/c1-19(2,3)23-18(22)21-16-9-8-15(12-16)20-17-10-13-6-4-5-7-14(13)11-17/h4-7,15-17,20H,8-12H2,1-3H3,(H,21,22). The van der Waals surface area contributed by atoms with Crippen molar-refractivity contribution in [1.82, 2.24) is 10.6 Å². The molecular formula is C19H28N2O2. The van der Waals surface area contributed by atoms with E-state index in [9.17, 15) is 4.79 Å². The Kier molecular flexibility index (Phi) is 4.62. The predicted octanol–water partition coefficient (Wildman–Crippen LogP) is 3.19. The predicted molar refractivity (Wildman–Crippen MR) is 91.6 cm³/mol. The second-order valence-electron chi connectivity index (χ2n) is 7.89. The average molecular weight is 316 g/mol. The number of hydrogen-bond acceptors (Lipinski definition) is 3. The molecule has 1 aromatic carbocycles. The van der Waals surface area contributed by atoms with Gasteiger partial charge in [-0.15, -0.1) is 0 Å². The first kappa shape index (κ1) is 16.3. The molecule has 1 fully saturated rings. The van der Waals surface area contributed by atoms with Crippen LogP contribution in [-0.2, 0) is 17.6 Å². The van der Waals surface area contributed by atoms with E-state index < -0.39 is 5.60 Å². The highest BCUT2D eigenvalue weighted by molar-refractivity contribution is 5.68. The van der Waals surface area contributed by atoms with Crippen LogP contribution in [0.4, 0.5) is 4.79 Å². The number of amides is 1. The second kappa shape index (κ2) is 6.52. The number of alkyl carbamates (subject to hydrolysis) is 1. The molecule has 0 radical (unpaired) electrons. The van der Waals surface area contributed by atoms with Gasteiger partial charge in [0.05, 0.1) is 0 Å².